The van der Waals surface area contributed by atoms with Crippen LogP contribution in [0.15, 0.2) is 170 Å². The van der Waals surface area contributed by atoms with E-state index in [9.17, 15) is 10.5 Å². The summed E-state index contributed by atoms with van der Waals surface area (Å²) in [5.74, 6) is 0. The van der Waals surface area contributed by atoms with Gasteiger partial charge < -0.3 is 0 Å². The number of nitriles is 2. The number of benzene rings is 8. The van der Waals surface area contributed by atoms with Gasteiger partial charge >= 0.3 is 0 Å². The summed E-state index contributed by atoms with van der Waals surface area (Å²) in [6.45, 7) is 0. The Morgan fingerprint density at radius 1 is 0.300 bits per heavy atom. The van der Waals surface area contributed by atoms with Crippen LogP contribution in [0.1, 0.15) is 11.1 Å². The molecule has 0 aromatic heterocycles. The van der Waals surface area contributed by atoms with Crippen LogP contribution in [0.3, 0.4) is 0 Å². The number of fused-ring (bicyclic) bond motifs is 3. The Morgan fingerprint density at radius 3 is 1.28 bits per heavy atom. The summed E-state index contributed by atoms with van der Waals surface area (Å²) in [5, 5.41) is 22.1. The average molecular weight is 633 g/mol. The summed E-state index contributed by atoms with van der Waals surface area (Å²) in [7, 11) is 0. The largest absolute Gasteiger partial charge is 0.192 e. The first-order valence-corrected chi connectivity index (χ1v) is 16.7. The van der Waals surface area contributed by atoms with Crippen molar-refractivity contribution >= 4 is 10.8 Å². The Labute approximate surface area is 291 Å². The number of hydrogen-bond donors (Lipinski definition) is 0. The predicted molar refractivity (Wildman–Crippen MR) is 205 cm³/mol. The minimum atomic E-state index is 0.666. The van der Waals surface area contributed by atoms with E-state index in [0.29, 0.717) is 11.1 Å². The molecule has 230 valence electrons. The standard InChI is InChI=1S/C48H28N2/c49-29-37-12-4-6-16-39(37)32-20-22-34(23-21-32)44-28-43(31-10-2-1-3-11-31)46(36-26-24-33(25-27-36)40-17-7-5-13-38(40)30-50)48-42-19-9-15-35-14-8-18-41(45(35)42)47(44)48/h1-28H. The second-order valence-corrected chi connectivity index (χ2v) is 12.6. The van der Waals surface area contributed by atoms with E-state index in [-0.39, 0.29) is 0 Å². The van der Waals surface area contributed by atoms with Crippen molar-refractivity contribution in [2.24, 2.45) is 0 Å². The Balaban J connectivity index is 1.32. The van der Waals surface area contributed by atoms with Crippen LogP contribution in [0.5, 0.6) is 0 Å². The molecule has 8 aromatic carbocycles. The van der Waals surface area contributed by atoms with E-state index in [1.165, 1.54) is 44.2 Å². The second kappa shape index (κ2) is 11.9. The van der Waals surface area contributed by atoms with Crippen LogP contribution in [-0.2, 0) is 0 Å². The van der Waals surface area contributed by atoms with Gasteiger partial charge in [-0.2, -0.15) is 10.5 Å². The lowest BCUT2D eigenvalue weighted by Gasteiger charge is -2.21. The average Bonchev–Trinajstić information content (AvgIpc) is 3.53. The molecule has 0 unspecified atom stereocenters. The molecule has 0 bridgehead atoms. The van der Waals surface area contributed by atoms with Gasteiger partial charge in [0, 0.05) is 0 Å². The molecule has 0 heterocycles. The van der Waals surface area contributed by atoms with Crippen LogP contribution in [0.25, 0.3) is 88.7 Å². The summed E-state index contributed by atoms with van der Waals surface area (Å²) < 4.78 is 0. The fourth-order valence-electron chi connectivity index (χ4n) is 7.67. The van der Waals surface area contributed by atoms with E-state index >= 15 is 0 Å². The van der Waals surface area contributed by atoms with Crippen molar-refractivity contribution in [2.75, 3.05) is 0 Å². The highest BCUT2D eigenvalue weighted by molar-refractivity contribution is 6.22. The molecule has 2 nitrogen and oxygen atoms in total. The normalized spacial score (nSPS) is 11.2. The zero-order valence-electron chi connectivity index (χ0n) is 27.1. The molecule has 8 aromatic rings. The maximum atomic E-state index is 9.79. The van der Waals surface area contributed by atoms with Crippen LogP contribution in [0.4, 0.5) is 0 Å². The quantitative estimate of drug-likeness (QED) is 0.189. The lowest BCUT2D eigenvalue weighted by molar-refractivity contribution is 1.47. The van der Waals surface area contributed by atoms with Crippen molar-refractivity contribution in [3.05, 3.63) is 181 Å². The van der Waals surface area contributed by atoms with Gasteiger partial charge in [-0.15, -0.1) is 0 Å². The van der Waals surface area contributed by atoms with E-state index in [1.807, 2.05) is 48.5 Å². The summed E-state index contributed by atoms with van der Waals surface area (Å²) in [6.07, 6.45) is 0. The molecule has 0 N–H and O–H groups in total. The number of nitrogens with zero attached hydrogens (tertiary/aromatic N) is 2. The molecule has 0 fully saturated rings. The van der Waals surface area contributed by atoms with Gasteiger partial charge in [0.1, 0.15) is 0 Å². The van der Waals surface area contributed by atoms with Crippen LogP contribution in [-0.4, -0.2) is 0 Å². The highest BCUT2D eigenvalue weighted by Crippen LogP contribution is 2.57. The molecule has 1 aliphatic rings. The monoisotopic (exact) mass is 632 g/mol. The third-order valence-corrected chi connectivity index (χ3v) is 9.94. The van der Waals surface area contributed by atoms with Gasteiger partial charge in [0.05, 0.1) is 23.3 Å². The first-order valence-electron chi connectivity index (χ1n) is 16.7. The van der Waals surface area contributed by atoms with Crippen molar-refractivity contribution in [3.63, 3.8) is 0 Å². The molecule has 0 aliphatic heterocycles. The Morgan fingerprint density at radius 2 is 0.720 bits per heavy atom. The lowest BCUT2D eigenvalue weighted by Crippen LogP contribution is -1.95. The van der Waals surface area contributed by atoms with Gasteiger partial charge in [-0.05, 0) is 107 Å². The van der Waals surface area contributed by atoms with E-state index in [4.69, 9.17) is 0 Å². The van der Waals surface area contributed by atoms with Crippen LogP contribution in [0, 0.1) is 22.7 Å². The number of hydrogen-bond acceptors (Lipinski definition) is 2. The highest BCUT2D eigenvalue weighted by atomic mass is 14.3. The minimum absolute atomic E-state index is 0.666. The van der Waals surface area contributed by atoms with E-state index in [2.05, 4.69) is 133 Å². The van der Waals surface area contributed by atoms with Gasteiger partial charge in [-0.1, -0.05) is 152 Å². The molecule has 0 amide bonds. The molecular weight excluding hydrogens is 605 g/mol. The molecule has 50 heavy (non-hydrogen) atoms. The summed E-state index contributed by atoms with van der Waals surface area (Å²) >= 11 is 0. The van der Waals surface area contributed by atoms with E-state index < -0.39 is 0 Å². The maximum absolute atomic E-state index is 9.79. The van der Waals surface area contributed by atoms with E-state index in [0.717, 1.165) is 44.5 Å². The molecule has 0 atom stereocenters. The molecule has 9 rings (SSSR count). The topological polar surface area (TPSA) is 47.6 Å². The van der Waals surface area contributed by atoms with Crippen LogP contribution >= 0.6 is 0 Å². The van der Waals surface area contributed by atoms with Gasteiger partial charge in [-0.3, -0.25) is 0 Å². The van der Waals surface area contributed by atoms with Crippen LogP contribution in [0.2, 0.25) is 0 Å². The van der Waals surface area contributed by atoms with E-state index in [1.54, 1.807) is 0 Å². The van der Waals surface area contributed by atoms with Gasteiger partial charge in [0.15, 0.2) is 0 Å². The molecule has 0 radical (unpaired) electrons. The Kier molecular flexibility index (Phi) is 6.95. The predicted octanol–water partition coefficient (Wildman–Crippen LogP) is 12.6. The van der Waals surface area contributed by atoms with Crippen molar-refractivity contribution in [1.29, 1.82) is 10.5 Å². The first kappa shape index (κ1) is 29.2. The second-order valence-electron chi connectivity index (χ2n) is 12.6. The third-order valence-electron chi connectivity index (χ3n) is 9.94. The molecule has 0 spiro atoms. The van der Waals surface area contributed by atoms with Crippen LogP contribution < -0.4 is 0 Å². The van der Waals surface area contributed by atoms with Crippen molar-refractivity contribution in [3.8, 4) is 90.0 Å². The Hall–Kier alpha value is -7.00. The number of rotatable bonds is 5. The van der Waals surface area contributed by atoms with Gasteiger partial charge in [-0.25, -0.2) is 0 Å². The molecule has 0 saturated heterocycles. The molecule has 1 aliphatic carbocycles. The SMILES string of the molecule is N#Cc1ccccc1-c1ccc(-c2cc(-c3ccccc3)c(-c3ccc(-c4ccccc4C#N)cc3)c3c2-c2cccc4cccc-3c24)cc1. The third kappa shape index (κ3) is 4.63. The summed E-state index contributed by atoms with van der Waals surface area (Å²) in [6, 6.07) is 63.8. The zero-order chi connectivity index (χ0) is 33.6. The van der Waals surface area contributed by atoms with Gasteiger partial charge in [0.2, 0.25) is 0 Å². The molecular formula is C48H28N2. The highest BCUT2D eigenvalue weighted by Gasteiger charge is 2.30. The molecule has 0 saturated carbocycles. The fraction of sp³-hybridized carbons (Fsp3) is 0. The summed E-state index contributed by atoms with van der Waals surface area (Å²) in [4.78, 5) is 0. The zero-order valence-corrected chi connectivity index (χ0v) is 27.1. The minimum Gasteiger partial charge on any atom is -0.192 e. The smallest absolute Gasteiger partial charge is 0.0998 e. The fourth-order valence-corrected chi connectivity index (χ4v) is 7.67. The van der Waals surface area contributed by atoms with Crippen molar-refractivity contribution < 1.29 is 0 Å². The first-order chi connectivity index (χ1) is 24.7. The molecule has 2 heteroatoms. The maximum Gasteiger partial charge on any atom is 0.0998 e. The van der Waals surface area contributed by atoms with Gasteiger partial charge in [0.25, 0.3) is 0 Å². The summed E-state index contributed by atoms with van der Waals surface area (Å²) in [5.41, 5.74) is 17.1. The van der Waals surface area contributed by atoms with Crippen molar-refractivity contribution in [2.45, 2.75) is 0 Å². The Bertz CT molecular complexity index is 2680. The van der Waals surface area contributed by atoms with Crippen molar-refractivity contribution in [1.82, 2.24) is 0 Å². The lowest BCUT2D eigenvalue weighted by atomic mass is 9.82.